The number of hydrogen-bond acceptors (Lipinski definition) is 2. The predicted molar refractivity (Wildman–Crippen MR) is 89.7 cm³/mol. The quantitative estimate of drug-likeness (QED) is 0.533. The van der Waals surface area contributed by atoms with E-state index in [2.05, 4.69) is 15.9 Å². The minimum Gasteiger partial charge on any atom is -0.346 e. The summed E-state index contributed by atoms with van der Waals surface area (Å²) < 4.78 is 13.6. The molecule has 3 heteroatoms. The van der Waals surface area contributed by atoms with E-state index in [1.54, 1.807) is 0 Å². The fourth-order valence-corrected chi connectivity index (χ4v) is 7.88. The highest BCUT2D eigenvalue weighted by atomic mass is 79.9. The van der Waals surface area contributed by atoms with Crippen molar-refractivity contribution in [3.8, 4) is 0 Å². The lowest BCUT2D eigenvalue weighted by Crippen LogP contribution is -2.69. The molecule has 0 N–H and O–H groups in total. The van der Waals surface area contributed by atoms with Gasteiger partial charge in [-0.3, -0.25) is 0 Å². The molecule has 2 aliphatic heterocycles. The Morgan fingerprint density at radius 2 is 1.50 bits per heavy atom. The van der Waals surface area contributed by atoms with Gasteiger partial charge in [0.15, 0.2) is 5.79 Å². The number of halogens is 1. The van der Waals surface area contributed by atoms with Gasteiger partial charge in [-0.05, 0) is 56.8 Å². The van der Waals surface area contributed by atoms with E-state index < -0.39 is 0 Å². The molecule has 2 saturated heterocycles. The summed E-state index contributed by atoms with van der Waals surface area (Å²) in [5, 5.41) is 0. The van der Waals surface area contributed by atoms with Crippen LogP contribution >= 0.6 is 15.9 Å². The monoisotopic (exact) mass is 368 g/mol. The van der Waals surface area contributed by atoms with Crippen LogP contribution in [-0.2, 0) is 9.47 Å². The highest BCUT2D eigenvalue weighted by Gasteiger charge is 2.66. The molecular weight excluding hydrogens is 340 g/mol. The second kappa shape index (κ2) is 5.20. The number of fused-ring (bicyclic) bond motifs is 4. The Bertz CT molecular complexity index is 449. The van der Waals surface area contributed by atoms with Crippen LogP contribution in [0.5, 0.6) is 0 Å². The van der Waals surface area contributed by atoms with E-state index in [9.17, 15) is 0 Å². The maximum atomic E-state index is 6.88. The normalized spacial score (nSPS) is 57.4. The summed E-state index contributed by atoms with van der Waals surface area (Å²) >= 11 is 4.10. The number of alkyl halides is 1. The van der Waals surface area contributed by atoms with Crippen LogP contribution < -0.4 is 0 Å². The lowest BCUT2D eigenvalue weighted by Gasteiger charge is -2.66. The first-order valence-electron chi connectivity index (χ1n) is 9.79. The molecule has 0 aromatic carbocycles. The van der Waals surface area contributed by atoms with Crippen molar-refractivity contribution in [3.05, 3.63) is 0 Å². The van der Waals surface area contributed by atoms with Gasteiger partial charge in [0.05, 0.1) is 6.10 Å². The maximum absolute atomic E-state index is 6.88. The van der Waals surface area contributed by atoms with Crippen molar-refractivity contribution in [2.75, 3.05) is 0 Å². The van der Waals surface area contributed by atoms with Crippen LogP contribution in [0.1, 0.15) is 77.0 Å². The Hall–Kier alpha value is 0.400. The summed E-state index contributed by atoms with van der Waals surface area (Å²) in [5.74, 6) is 2.83. The Morgan fingerprint density at radius 1 is 0.773 bits per heavy atom. The fraction of sp³-hybridized carbons (Fsp3) is 1.00. The third kappa shape index (κ3) is 1.97. The molecule has 22 heavy (non-hydrogen) atoms. The lowest BCUT2D eigenvalue weighted by molar-refractivity contribution is -0.409. The standard InChI is InChI=1S/C19H29BrO2/c20-18-11-5-3-8-14(18)17-13-7-1-2-10-16(13)21-19(22-18)12-6-4-9-15(17)19/h13-17H,1-12H2. The topological polar surface area (TPSA) is 18.5 Å². The van der Waals surface area contributed by atoms with Gasteiger partial charge in [0, 0.05) is 18.3 Å². The van der Waals surface area contributed by atoms with E-state index in [1.807, 2.05) is 0 Å². The van der Waals surface area contributed by atoms with Crippen LogP contribution in [0.25, 0.3) is 0 Å². The van der Waals surface area contributed by atoms with Gasteiger partial charge < -0.3 is 9.47 Å². The van der Waals surface area contributed by atoms with Gasteiger partial charge in [0.25, 0.3) is 0 Å². The van der Waals surface area contributed by atoms with Crippen molar-refractivity contribution in [1.29, 1.82) is 0 Å². The zero-order chi connectivity index (χ0) is 14.8. The molecule has 5 aliphatic rings. The Labute approximate surface area is 142 Å². The van der Waals surface area contributed by atoms with E-state index >= 15 is 0 Å². The van der Waals surface area contributed by atoms with E-state index in [-0.39, 0.29) is 10.3 Å². The third-order valence-electron chi connectivity index (χ3n) is 7.56. The highest BCUT2D eigenvalue weighted by molar-refractivity contribution is 9.10. The van der Waals surface area contributed by atoms with Crippen LogP contribution in [0.4, 0.5) is 0 Å². The van der Waals surface area contributed by atoms with Gasteiger partial charge in [-0.1, -0.05) is 41.6 Å². The summed E-state index contributed by atoms with van der Waals surface area (Å²) in [6, 6.07) is 0. The first kappa shape index (κ1) is 14.7. The van der Waals surface area contributed by atoms with Crippen molar-refractivity contribution in [1.82, 2.24) is 0 Å². The van der Waals surface area contributed by atoms with Crippen LogP contribution in [0.3, 0.4) is 0 Å². The Balaban J connectivity index is 1.59. The molecule has 2 heterocycles. The molecule has 3 aliphatic carbocycles. The second-order valence-electron chi connectivity index (χ2n) is 8.59. The van der Waals surface area contributed by atoms with Crippen molar-refractivity contribution >= 4 is 15.9 Å². The van der Waals surface area contributed by atoms with E-state index in [1.165, 1.54) is 70.6 Å². The molecule has 124 valence electrons. The largest absolute Gasteiger partial charge is 0.346 e. The Kier molecular flexibility index (Phi) is 3.48. The average molecular weight is 369 g/mol. The minimum absolute atomic E-state index is 0.0772. The summed E-state index contributed by atoms with van der Waals surface area (Å²) in [4.78, 5) is 0. The molecule has 0 aromatic heterocycles. The number of rotatable bonds is 0. The Morgan fingerprint density at radius 3 is 2.41 bits per heavy atom. The fourth-order valence-electron chi connectivity index (χ4n) is 6.79. The first-order chi connectivity index (χ1) is 10.7. The molecular formula is C19H29BrO2. The third-order valence-corrected chi connectivity index (χ3v) is 8.71. The molecule has 0 aromatic rings. The molecule has 7 atom stereocenters. The van der Waals surface area contributed by atoms with Crippen molar-refractivity contribution in [2.24, 2.45) is 23.7 Å². The van der Waals surface area contributed by atoms with E-state index in [0.29, 0.717) is 12.0 Å². The average Bonchev–Trinajstić information content (AvgIpc) is 2.52. The van der Waals surface area contributed by atoms with Crippen LogP contribution in [0.2, 0.25) is 0 Å². The van der Waals surface area contributed by atoms with Gasteiger partial charge in [-0.2, -0.15) is 0 Å². The molecule has 2 bridgehead atoms. The number of ether oxygens (including phenoxy) is 2. The van der Waals surface area contributed by atoms with Gasteiger partial charge in [-0.25, -0.2) is 0 Å². The van der Waals surface area contributed by atoms with Crippen LogP contribution in [0.15, 0.2) is 0 Å². The summed E-state index contributed by atoms with van der Waals surface area (Å²) in [7, 11) is 0. The van der Waals surface area contributed by atoms with Gasteiger partial charge >= 0.3 is 0 Å². The van der Waals surface area contributed by atoms with Crippen molar-refractivity contribution in [2.45, 2.75) is 93.5 Å². The molecule has 7 unspecified atom stereocenters. The SMILES string of the molecule is BrC12CCCCC1C1C3CCCCC3OC3(CCCCC13)O2. The molecule has 5 rings (SSSR count). The lowest BCUT2D eigenvalue weighted by atomic mass is 9.55. The van der Waals surface area contributed by atoms with Crippen LogP contribution in [-0.4, -0.2) is 16.4 Å². The zero-order valence-corrected chi connectivity index (χ0v) is 15.2. The van der Waals surface area contributed by atoms with Gasteiger partial charge in [0.1, 0.15) is 4.51 Å². The molecule has 0 radical (unpaired) electrons. The maximum Gasteiger partial charge on any atom is 0.173 e. The molecule has 5 fully saturated rings. The summed E-state index contributed by atoms with van der Waals surface area (Å²) in [6.45, 7) is 0. The molecule has 0 spiro atoms. The predicted octanol–water partition coefficient (Wildman–Crippen LogP) is 5.39. The van der Waals surface area contributed by atoms with E-state index in [0.717, 1.165) is 24.2 Å². The van der Waals surface area contributed by atoms with E-state index in [4.69, 9.17) is 9.47 Å². The smallest absolute Gasteiger partial charge is 0.173 e. The van der Waals surface area contributed by atoms with Crippen molar-refractivity contribution in [3.63, 3.8) is 0 Å². The van der Waals surface area contributed by atoms with Gasteiger partial charge in [0.2, 0.25) is 0 Å². The van der Waals surface area contributed by atoms with Crippen LogP contribution in [0, 0.1) is 23.7 Å². The highest BCUT2D eigenvalue weighted by Crippen LogP contribution is 2.65. The first-order valence-corrected chi connectivity index (χ1v) is 10.6. The molecule has 2 nitrogen and oxygen atoms in total. The van der Waals surface area contributed by atoms with Crippen molar-refractivity contribution < 1.29 is 9.47 Å². The summed E-state index contributed by atoms with van der Waals surface area (Å²) in [6.07, 6.45) is 16.4. The number of hydrogen-bond donors (Lipinski definition) is 0. The molecule has 0 amide bonds. The second-order valence-corrected chi connectivity index (χ2v) is 9.93. The summed E-state index contributed by atoms with van der Waals surface area (Å²) in [5.41, 5.74) is 0. The minimum atomic E-state index is -0.237. The van der Waals surface area contributed by atoms with Gasteiger partial charge in [-0.15, -0.1) is 0 Å². The molecule has 3 saturated carbocycles. The zero-order valence-electron chi connectivity index (χ0n) is 13.6.